The molecule has 5 rings (SSSR count). The fourth-order valence-corrected chi connectivity index (χ4v) is 7.10. The van der Waals surface area contributed by atoms with Crippen molar-refractivity contribution in [3.05, 3.63) is 123 Å². The van der Waals surface area contributed by atoms with E-state index in [1.807, 2.05) is 6.07 Å². The summed E-state index contributed by atoms with van der Waals surface area (Å²) < 4.78 is 109. The van der Waals surface area contributed by atoms with Crippen LogP contribution < -0.4 is 4.74 Å². The number of carbonyl (C=O) groups excluding carboxylic acids is 2. The lowest BCUT2D eigenvalue weighted by Crippen LogP contribution is -2.56. The van der Waals surface area contributed by atoms with E-state index in [1.165, 1.54) is 31.5 Å². The second-order valence-corrected chi connectivity index (χ2v) is 13.2. The van der Waals surface area contributed by atoms with Gasteiger partial charge in [0.2, 0.25) is 15.8 Å². The third-order valence-electron chi connectivity index (χ3n) is 7.63. The number of hydrogen-bond acceptors (Lipinski definition) is 7. The fourth-order valence-electron chi connectivity index (χ4n) is 5.10. The largest absolute Gasteiger partial charge is 0.488 e. The summed E-state index contributed by atoms with van der Waals surface area (Å²) in [5.74, 6) is -15.0. The van der Waals surface area contributed by atoms with Crippen molar-refractivity contribution >= 4 is 37.7 Å². The van der Waals surface area contributed by atoms with Crippen LogP contribution in [0, 0.1) is 29.1 Å². The van der Waals surface area contributed by atoms with Gasteiger partial charge in [0.1, 0.15) is 17.9 Å². The summed E-state index contributed by atoms with van der Waals surface area (Å²) in [6.07, 6.45) is 1.29. The van der Waals surface area contributed by atoms with E-state index < -0.39 is 74.3 Å². The number of sulfonamides is 1. The number of hydrogen-bond donors (Lipinski definition) is 0. The molecule has 2 atom stereocenters. The lowest BCUT2D eigenvalue weighted by atomic mass is 9.83. The van der Waals surface area contributed by atoms with Gasteiger partial charge in [0.25, 0.3) is 0 Å². The molecule has 1 aliphatic rings. The molecule has 3 aromatic carbocycles. The van der Waals surface area contributed by atoms with Crippen LogP contribution in [0.3, 0.4) is 0 Å². The highest BCUT2D eigenvalue weighted by atomic mass is 79.9. The van der Waals surface area contributed by atoms with E-state index in [0.717, 1.165) is 5.56 Å². The first kappa shape index (κ1) is 34.1. The van der Waals surface area contributed by atoms with Crippen molar-refractivity contribution < 1.29 is 49.4 Å². The number of ether oxygens (including phenoxy) is 2. The zero-order chi connectivity index (χ0) is 34.0. The van der Waals surface area contributed by atoms with Crippen molar-refractivity contribution in [3.63, 3.8) is 0 Å². The average molecular weight is 740 g/mol. The highest BCUT2D eigenvalue weighted by Gasteiger charge is 2.48. The van der Waals surface area contributed by atoms with Crippen LogP contribution in [0.4, 0.5) is 22.0 Å². The molecule has 1 aromatic heterocycles. The second kappa shape index (κ2) is 13.9. The lowest BCUT2D eigenvalue weighted by Gasteiger charge is -2.40. The van der Waals surface area contributed by atoms with Crippen molar-refractivity contribution in [1.82, 2.24) is 9.29 Å². The molecule has 0 bridgehead atoms. The quantitative estimate of drug-likeness (QED) is 0.0775. The number of Topliss-reactive ketones (excluding diaryl/α,β-unsaturated/α-hetero) is 1. The van der Waals surface area contributed by atoms with E-state index in [-0.39, 0.29) is 36.3 Å². The number of carbonyl (C=O) groups is 2. The van der Waals surface area contributed by atoms with Gasteiger partial charge in [0, 0.05) is 29.3 Å². The maximum absolute atomic E-state index is 14.6. The molecule has 1 fully saturated rings. The van der Waals surface area contributed by atoms with Gasteiger partial charge in [0.05, 0.1) is 19.1 Å². The van der Waals surface area contributed by atoms with Gasteiger partial charge in [0.15, 0.2) is 33.9 Å². The summed E-state index contributed by atoms with van der Waals surface area (Å²) >= 11 is 3.28. The first-order valence-corrected chi connectivity index (χ1v) is 16.1. The Kier molecular flexibility index (Phi) is 10.1. The molecule has 2 heterocycles. The maximum atomic E-state index is 14.6. The Morgan fingerprint density at radius 2 is 1.62 bits per heavy atom. The van der Waals surface area contributed by atoms with Crippen LogP contribution in [0.1, 0.15) is 39.5 Å². The number of aromatic nitrogens is 1. The fraction of sp³-hybridized carbons (Fsp3) is 0.219. The Morgan fingerprint density at radius 3 is 2.19 bits per heavy atom. The van der Waals surface area contributed by atoms with Gasteiger partial charge in [-0.05, 0) is 57.7 Å². The number of pyridine rings is 1. The van der Waals surface area contributed by atoms with Crippen LogP contribution in [0.15, 0.2) is 76.2 Å². The minimum absolute atomic E-state index is 0.0394. The van der Waals surface area contributed by atoms with Crippen molar-refractivity contribution in [2.75, 3.05) is 13.7 Å². The van der Waals surface area contributed by atoms with Gasteiger partial charge < -0.3 is 9.47 Å². The lowest BCUT2D eigenvalue weighted by molar-refractivity contribution is -0.127. The van der Waals surface area contributed by atoms with Crippen LogP contribution in [-0.4, -0.2) is 49.2 Å². The number of ketones is 1. The third-order valence-corrected chi connectivity index (χ3v) is 10.0. The minimum atomic E-state index is -5.37. The van der Waals surface area contributed by atoms with E-state index >= 15 is 0 Å². The summed E-state index contributed by atoms with van der Waals surface area (Å²) in [5.41, 5.74) is 1.49. The van der Waals surface area contributed by atoms with Crippen LogP contribution >= 0.6 is 15.9 Å². The summed E-state index contributed by atoms with van der Waals surface area (Å²) in [6, 6.07) is 15.0. The molecule has 0 aliphatic carbocycles. The molecule has 0 saturated carbocycles. The van der Waals surface area contributed by atoms with E-state index in [0.29, 0.717) is 14.5 Å². The normalized spacial score (nSPS) is 15.5. The predicted octanol–water partition coefficient (Wildman–Crippen LogP) is 6.26. The first-order chi connectivity index (χ1) is 22.3. The molecular weight excluding hydrogens is 715 g/mol. The predicted molar refractivity (Wildman–Crippen MR) is 160 cm³/mol. The molecule has 1 unspecified atom stereocenters. The number of nitrogens with zero attached hydrogens (tertiary/aromatic N) is 2. The average Bonchev–Trinajstić information content (AvgIpc) is 3.04. The SMILES string of the molecule is COC(=O)c1ccc(C(Cc2ccc(Br)cn2)C(=O)[C@H]2CCN2S(=O)(=O)c2c(F)c(F)c(F)c(F)c2F)cc1OCc1ccccc1. The summed E-state index contributed by atoms with van der Waals surface area (Å²) in [4.78, 5) is 29.0. The molecule has 4 aromatic rings. The van der Waals surface area contributed by atoms with Crippen molar-refractivity contribution in [3.8, 4) is 5.75 Å². The Balaban J connectivity index is 1.54. The Morgan fingerprint density at radius 1 is 0.957 bits per heavy atom. The van der Waals surface area contributed by atoms with Crippen LogP contribution in [0.25, 0.3) is 0 Å². The molecule has 246 valence electrons. The van der Waals surface area contributed by atoms with Crippen molar-refractivity contribution in [2.24, 2.45) is 0 Å². The van der Waals surface area contributed by atoms with E-state index in [1.54, 1.807) is 36.4 Å². The number of methoxy groups -OCH3 is 1. The second-order valence-electron chi connectivity index (χ2n) is 10.5. The molecule has 0 radical (unpaired) electrons. The Hall–Kier alpha value is -4.21. The maximum Gasteiger partial charge on any atom is 0.341 e. The molecule has 1 aliphatic heterocycles. The van der Waals surface area contributed by atoms with E-state index in [4.69, 9.17) is 9.47 Å². The van der Waals surface area contributed by atoms with Crippen molar-refractivity contribution in [1.29, 1.82) is 0 Å². The summed E-state index contributed by atoms with van der Waals surface area (Å²) in [6.45, 7) is -0.383. The van der Waals surface area contributed by atoms with E-state index in [2.05, 4.69) is 20.9 Å². The topological polar surface area (TPSA) is 103 Å². The number of benzene rings is 3. The molecule has 15 heteroatoms. The standard InChI is InChI=1S/C32H24BrF5N2O6S/c1-45-32(42)21-10-7-18(13-24(21)46-16-17-5-3-2-4-6-17)22(14-20-9-8-19(33)15-39-20)30(41)23-11-12-40(23)47(43,44)31-28(37)26(35)25(34)27(36)29(31)38/h2-10,13,15,22-23H,11-12,14,16H2,1H3/t22?,23-/m1/s1. The van der Waals surface area contributed by atoms with Crippen LogP contribution in [0.5, 0.6) is 5.75 Å². The first-order valence-electron chi connectivity index (χ1n) is 13.9. The van der Waals surface area contributed by atoms with Gasteiger partial charge in [-0.15, -0.1) is 0 Å². The summed E-state index contributed by atoms with van der Waals surface area (Å²) in [7, 11) is -4.19. The van der Waals surface area contributed by atoms with Crippen LogP contribution in [0.2, 0.25) is 0 Å². The van der Waals surface area contributed by atoms with Crippen LogP contribution in [-0.2, 0) is 32.6 Å². The van der Waals surface area contributed by atoms with Gasteiger partial charge in [-0.3, -0.25) is 9.78 Å². The minimum Gasteiger partial charge on any atom is -0.488 e. The highest BCUT2D eigenvalue weighted by Crippen LogP contribution is 2.37. The smallest absolute Gasteiger partial charge is 0.341 e. The Bertz CT molecular complexity index is 1920. The zero-order valence-corrected chi connectivity index (χ0v) is 26.8. The van der Waals surface area contributed by atoms with Gasteiger partial charge >= 0.3 is 5.97 Å². The van der Waals surface area contributed by atoms with Gasteiger partial charge in [-0.25, -0.2) is 35.2 Å². The summed E-state index contributed by atoms with van der Waals surface area (Å²) in [5, 5.41) is 0. The molecule has 0 N–H and O–H groups in total. The van der Waals surface area contributed by atoms with Gasteiger partial charge in [-0.1, -0.05) is 36.4 Å². The molecule has 0 spiro atoms. The molecule has 0 amide bonds. The zero-order valence-electron chi connectivity index (χ0n) is 24.4. The third kappa shape index (κ3) is 6.78. The number of esters is 1. The number of halogens is 6. The van der Waals surface area contributed by atoms with Crippen molar-refractivity contribution in [2.45, 2.75) is 36.3 Å². The molecule has 1 saturated heterocycles. The Labute approximate surface area is 274 Å². The number of rotatable bonds is 11. The van der Waals surface area contributed by atoms with E-state index in [9.17, 15) is 40.0 Å². The monoisotopic (exact) mass is 738 g/mol. The van der Waals surface area contributed by atoms with Gasteiger partial charge in [-0.2, -0.15) is 4.31 Å². The highest BCUT2D eigenvalue weighted by molar-refractivity contribution is 9.10. The molecular formula is C32H24BrF5N2O6S. The molecule has 8 nitrogen and oxygen atoms in total. The molecule has 47 heavy (non-hydrogen) atoms.